The lowest BCUT2D eigenvalue weighted by molar-refractivity contribution is 0.324. The van der Waals surface area contributed by atoms with Crippen molar-refractivity contribution >= 4 is 11.6 Å². The van der Waals surface area contributed by atoms with Crippen LogP contribution in [0.15, 0.2) is 54.1 Å². The van der Waals surface area contributed by atoms with Gasteiger partial charge in [0, 0.05) is 17.2 Å². The zero-order chi connectivity index (χ0) is 20.8. The molecule has 0 unspecified atom stereocenters. The normalized spacial score (nSPS) is 13.1. The van der Waals surface area contributed by atoms with Gasteiger partial charge in [-0.25, -0.2) is 0 Å². The topological polar surface area (TPSA) is 46.2 Å². The van der Waals surface area contributed by atoms with E-state index in [-0.39, 0.29) is 0 Å². The van der Waals surface area contributed by atoms with Gasteiger partial charge in [-0.15, -0.1) is 0 Å². The first kappa shape index (κ1) is 20.4. The lowest BCUT2D eigenvalue weighted by Gasteiger charge is -2.17. The number of allylic oxidation sites excluding steroid dienone is 5. The van der Waals surface area contributed by atoms with E-state index >= 15 is 0 Å². The molecule has 0 aromatic heterocycles. The van der Waals surface area contributed by atoms with E-state index in [1.54, 1.807) is 35.5 Å². The summed E-state index contributed by atoms with van der Waals surface area (Å²) in [6, 6.07) is 9.66. The van der Waals surface area contributed by atoms with Crippen molar-refractivity contribution in [2.24, 2.45) is 0 Å². The van der Waals surface area contributed by atoms with Crippen molar-refractivity contribution in [1.29, 1.82) is 0 Å². The van der Waals surface area contributed by atoms with E-state index in [1.807, 2.05) is 30.3 Å². The second-order valence-electron chi connectivity index (χ2n) is 6.37. The highest BCUT2D eigenvalue weighted by molar-refractivity contribution is 5.95. The number of ether oxygens (including phenoxy) is 5. The predicted molar refractivity (Wildman–Crippen MR) is 115 cm³/mol. The third-order valence-electron chi connectivity index (χ3n) is 4.85. The van der Waals surface area contributed by atoms with E-state index < -0.39 is 0 Å². The molecule has 1 aliphatic carbocycles. The van der Waals surface area contributed by atoms with Crippen LogP contribution in [0.1, 0.15) is 17.5 Å². The minimum absolute atomic E-state index is 0.559. The van der Waals surface area contributed by atoms with Crippen LogP contribution in [-0.2, 0) is 0 Å². The molecule has 2 aromatic rings. The maximum atomic E-state index is 5.67. The van der Waals surface area contributed by atoms with Crippen molar-refractivity contribution in [3.8, 4) is 28.7 Å². The summed E-state index contributed by atoms with van der Waals surface area (Å²) in [5, 5.41) is 0. The SMILES string of the molecule is COc1ccc(/C(=C/c2ccc(OC)c(OC)c2OC)C2=CC=CC2)c(OC)c1. The average Bonchev–Trinajstić information content (AvgIpc) is 3.30. The van der Waals surface area contributed by atoms with Crippen LogP contribution in [-0.4, -0.2) is 35.5 Å². The van der Waals surface area contributed by atoms with Crippen molar-refractivity contribution in [3.05, 3.63) is 65.3 Å². The number of hydrogen-bond donors (Lipinski definition) is 0. The summed E-state index contributed by atoms with van der Waals surface area (Å²) >= 11 is 0. The molecule has 29 heavy (non-hydrogen) atoms. The van der Waals surface area contributed by atoms with Gasteiger partial charge in [0.25, 0.3) is 0 Å². The van der Waals surface area contributed by atoms with E-state index in [0.29, 0.717) is 17.2 Å². The molecule has 0 saturated carbocycles. The fourth-order valence-corrected chi connectivity index (χ4v) is 3.41. The molecule has 5 nitrogen and oxygen atoms in total. The van der Waals surface area contributed by atoms with Gasteiger partial charge in [0.1, 0.15) is 11.5 Å². The van der Waals surface area contributed by atoms with Gasteiger partial charge in [-0.1, -0.05) is 18.2 Å². The van der Waals surface area contributed by atoms with E-state index in [2.05, 4.69) is 24.3 Å². The second kappa shape index (κ2) is 9.24. The van der Waals surface area contributed by atoms with Crippen LogP contribution >= 0.6 is 0 Å². The number of methoxy groups -OCH3 is 5. The van der Waals surface area contributed by atoms with Gasteiger partial charge in [-0.2, -0.15) is 0 Å². The number of rotatable bonds is 8. The van der Waals surface area contributed by atoms with Gasteiger partial charge in [0.2, 0.25) is 5.75 Å². The molecule has 0 aliphatic heterocycles. The third kappa shape index (κ3) is 4.09. The summed E-state index contributed by atoms with van der Waals surface area (Å²) < 4.78 is 27.6. The average molecular weight is 394 g/mol. The van der Waals surface area contributed by atoms with E-state index in [0.717, 1.165) is 34.6 Å². The fourth-order valence-electron chi connectivity index (χ4n) is 3.41. The second-order valence-corrected chi connectivity index (χ2v) is 6.37. The fraction of sp³-hybridized carbons (Fsp3) is 0.250. The molecule has 0 spiro atoms. The molecule has 0 bridgehead atoms. The highest BCUT2D eigenvalue weighted by atomic mass is 16.5. The molecular formula is C24H26O5. The van der Waals surface area contributed by atoms with Gasteiger partial charge < -0.3 is 23.7 Å². The first-order chi connectivity index (χ1) is 14.2. The summed E-state index contributed by atoms with van der Waals surface area (Å²) in [5.74, 6) is 3.27. The standard InChI is InChI=1S/C24H26O5/c1-25-18-11-12-19(22(15-18)27-3)20(16-8-6-7-9-16)14-17-10-13-21(26-2)24(29-5)23(17)28-4/h6-8,10-15H,9H2,1-5H3/b20-14+. The van der Waals surface area contributed by atoms with Crippen molar-refractivity contribution in [3.63, 3.8) is 0 Å². The van der Waals surface area contributed by atoms with Crippen LogP contribution in [0.2, 0.25) is 0 Å². The molecule has 0 radical (unpaired) electrons. The molecule has 5 heteroatoms. The van der Waals surface area contributed by atoms with Crippen LogP contribution < -0.4 is 23.7 Å². The Morgan fingerprint density at radius 2 is 1.55 bits per heavy atom. The molecule has 0 fully saturated rings. The number of hydrogen-bond acceptors (Lipinski definition) is 5. The molecule has 152 valence electrons. The Morgan fingerprint density at radius 3 is 2.14 bits per heavy atom. The van der Waals surface area contributed by atoms with Gasteiger partial charge in [-0.3, -0.25) is 0 Å². The van der Waals surface area contributed by atoms with E-state index in [1.165, 1.54) is 5.57 Å². The third-order valence-corrected chi connectivity index (χ3v) is 4.85. The Morgan fingerprint density at radius 1 is 0.793 bits per heavy atom. The highest BCUT2D eigenvalue weighted by Gasteiger charge is 2.19. The van der Waals surface area contributed by atoms with Gasteiger partial charge in [0.05, 0.1) is 35.5 Å². The smallest absolute Gasteiger partial charge is 0.203 e. The first-order valence-electron chi connectivity index (χ1n) is 9.26. The minimum Gasteiger partial charge on any atom is -0.497 e. The van der Waals surface area contributed by atoms with Crippen LogP contribution in [0, 0.1) is 0 Å². The van der Waals surface area contributed by atoms with E-state index in [4.69, 9.17) is 23.7 Å². The Labute approximate surface area is 171 Å². The Balaban J connectivity index is 2.21. The quantitative estimate of drug-likeness (QED) is 0.579. The predicted octanol–water partition coefficient (Wildman–Crippen LogP) is 5.16. The largest absolute Gasteiger partial charge is 0.497 e. The van der Waals surface area contributed by atoms with Crippen LogP contribution in [0.4, 0.5) is 0 Å². The zero-order valence-electron chi connectivity index (χ0n) is 17.4. The maximum Gasteiger partial charge on any atom is 0.203 e. The lowest BCUT2D eigenvalue weighted by Crippen LogP contribution is -1.98. The molecular weight excluding hydrogens is 368 g/mol. The van der Waals surface area contributed by atoms with Gasteiger partial charge in [-0.05, 0) is 47.9 Å². The Kier molecular flexibility index (Phi) is 6.50. The molecule has 3 rings (SSSR count). The Bertz CT molecular complexity index is 969. The van der Waals surface area contributed by atoms with E-state index in [9.17, 15) is 0 Å². The summed E-state index contributed by atoms with van der Waals surface area (Å²) in [6.45, 7) is 0. The number of benzene rings is 2. The van der Waals surface area contributed by atoms with Crippen molar-refractivity contribution in [2.45, 2.75) is 6.42 Å². The lowest BCUT2D eigenvalue weighted by atomic mass is 9.93. The minimum atomic E-state index is 0.559. The zero-order valence-corrected chi connectivity index (χ0v) is 17.4. The highest BCUT2D eigenvalue weighted by Crippen LogP contribution is 2.43. The van der Waals surface area contributed by atoms with Crippen molar-refractivity contribution < 1.29 is 23.7 Å². The van der Waals surface area contributed by atoms with Gasteiger partial charge in [0.15, 0.2) is 11.5 Å². The van der Waals surface area contributed by atoms with Crippen LogP contribution in [0.3, 0.4) is 0 Å². The van der Waals surface area contributed by atoms with Crippen LogP contribution in [0.5, 0.6) is 28.7 Å². The van der Waals surface area contributed by atoms with Crippen LogP contribution in [0.25, 0.3) is 11.6 Å². The Hall–Kier alpha value is -3.34. The molecule has 2 aromatic carbocycles. The van der Waals surface area contributed by atoms with Crippen molar-refractivity contribution in [2.75, 3.05) is 35.5 Å². The first-order valence-corrected chi connectivity index (χ1v) is 9.26. The molecule has 0 N–H and O–H groups in total. The molecule has 0 heterocycles. The summed E-state index contributed by atoms with van der Waals surface area (Å²) in [7, 11) is 8.14. The summed E-state index contributed by atoms with van der Waals surface area (Å²) in [5.41, 5.74) is 4.08. The molecule has 0 saturated heterocycles. The van der Waals surface area contributed by atoms with Gasteiger partial charge >= 0.3 is 0 Å². The summed E-state index contributed by atoms with van der Waals surface area (Å²) in [6.07, 6.45) is 9.24. The molecule has 0 amide bonds. The van der Waals surface area contributed by atoms with Crippen molar-refractivity contribution in [1.82, 2.24) is 0 Å². The summed E-state index contributed by atoms with van der Waals surface area (Å²) in [4.78, 5) is 0. The monoisotopic (exact) mass is 394 g/mol. The molecule has 0 atom stereocenters. The molecule has 1 aliphatic rings. The maximum absolute atomic E-state index is 5.67.